The minimum Gasteiger partial charge on any atom is -0.372 e. The van der Waals surface area contributed by atoms with Crippen molar-refractivity contribution in [2.75, 3.05) is 26.7 Å². The van der Waals surface area contributed by atoms with Crippen molar-refractivity contribution in [3.63, 3.8) is 0 Å². The monoisotopic (exact) mass is 265 g/mol. The van der Waals surface area contributed by atoms with Crippen LogP contribution in [0.1, 0.15) is 26.7 Å². The van der Waals surface area contributed by atoms with Crippen molar-refractivity contribution in [2.24, 2.45) is 5.92 Å². The van der Waals surface area contributed by atoms with Gasteiger partial charge in [-0.25, -0.2) is 0 Å². The number of piperidine rings is 1. The number of nitriles is 1. The van der Waals surface area contributed by atoms with Crippen LogP contribution in [0.2, 0.25) is 0 Å². The Labute approximate surface area is 115 Å². The van der Waals surface area contributed by atoms with E-state index in [1.54, 1.807) is 11.9 Å². The van der Waals surface area contributed by atoms with Gasteiger partial charge in [-0.1, -0.05) is 13.8 Å². The summed E-state index contributed by atoms with van der Waals surface area (Å²) in [5.74, 6) is -0.0201. The summed E-state index contributed by atoms with van der Waals surface area (Å²) in [6.45, 7) is 6.53. The van der Waals surface area contributed by atoms with Crippen LogP contribution in [0.4, 0.5) is 0 Å². The van der Waals surface area contributed by atoms with Crippen molar-refractivity contribution in [2.45, 2.75) is 44.9 Å². The minimum atomic E-state index is -0.325. The van der Waals surface area contributed by atoms with Gasteiger partial charge in [-0.3, -0.25) is 9.69 Å². The molecule has 19 heavy (non-hydrogen) atoms. The summed E-state index contributed by atoms with van der Waals surface area (Å²) in [7, 11) is 1.73. The van der Waals surface area contributed by atoms with E-state index in [2.05, 4.69) is 11.0 Å². The van der Waals surface area contributed by atoms with Gasteiger partial charge in [0.05, 0.1) is 18.3 Å². The Bertz CT molecular complexity index is 361. The van der Waals surface area contributed by atoms with Crippen molar-refractivity contribution >= 4 is 5.91 Å². The third kappa shape index (κ3) is 3.26. The molecule has 106 valence electrons. The number of morpholine rings is 1. The van der Waals surface area contributed by atoms with E-state index in [9.17, 15) is 10.1 Å². The van der Waals surface area contributed by atoms with Gasteiger partial charge in [-0.2, -0.15) is 5.26 Å². The molecule has 1 amide bonds. The summed E-state index contributed by atoms with van der Waals surface area (Å²) >= 11 is 0. The van der Waals surface area contributed by atoms with Crippen LogP contribution in [-0.2, 0) is 9.53 Å². The molecule has 0 saturated carbocycles. The predicted octanol–water partition coefficient (Wildman–Crippen LogP) is 0.856. The smallest absolute Gasteiger partial charge is 0.225 e. The zero-order valence-electron chi connectivity index (χ0n) is 12.0. The molecule has 3 unspecified atom stereocenters. The van der Waals surface area contributed by atoms with Crippen LogP contribution in [0.5, 0.6) is 0 Å². The van der Waals surface area contributed by atoms with E-state index in [-0.39, 0.29) is 17.9 Å². The van der Waals surface area contributed by atoms with Gasteiger partial charge in [0.2, 0.25) is 5.91 Å². The largest absolute Gasteiger partial charge is 0.372 e. The Morgan fingerprint density at radius 1 is 1.47 bits per heavy atom. The molecule has 3 fully saturated rings. The Hall–Kier alpha value is -1.12. The fourth-order valence-electron chi connectivity index (χ4n) is 2.83. The predicted molar refractivity (Wildman–Crippen MR) is 71.3 cm³/mol. The number of carbonyl (C=O) groups excluding carboxylic acids is 1. The maximum atomic E-state index is 11.9. The molecule has 0 spiro atoms. The quantitative estimate of drug-likeness (QED) is 0.739. The summed E-state index contributed by atoms with van der Waals surface area (Å²) in [5.41, 5.74) is 0. The van der Waals surface area contributed by atoms with Crippen LogP contribution in [0.15, 0.2) is 0 Å². The lowest BCUT2D eigenvalue weighted by molar-refractivity contribution is -0.181. The number of ether oxygens (including phenoxy) is 1. The number of amides is 1. The van der Waals surface area contributed by atoms with Crippen LogP contribution in [0, 0.1) is 17.2 Å². The molecule has 0 radical (unpaired) electrons. The number of rotatable bonds is 5. The zero-order chi connectivity index (χ0) is 14.0. The summed E-state index contributed by atoms with van der Waals surface area (Å²) < 4.78 is 5.58. The molecule has 3 aliphatic heterocycles. The molecule has 3 aliphatic rings. The molecule has 0 aliphatic carbocycles. The minimum absolute atomic E-state index is 0.0383. The highest BCUT2D eigenvalue weighted by atomic mass is 16.5. The lowest BCUT2D eigenvalue weighted by atomic mass is 9.98. The molecule has 3 saturated heterocycles. The number of nitrogens with zero attached hydrogens (tertiary/aromatic N) is 3. The second kappa shape index (κ2) is 5.89. The Morgan fingerprint density at radius 3 is 2.53 bits per heavy atom. The number of fused-ring (bicyclic) bond motifs is 2. The van der Waals surface area contributed by atoms with Gasteiger partial charge in [0, 0.05) is 39.0 Å². The van der Waals surface area contributed by atoms with Crippen molar-refractivity contribution < 1.29 is 9.53 Å². The topological polar surface area (TPSA) is 56.6 Å². The van der Waals surface area contributed by atoms with E-state index >= 15 is 0 Å². The van der Waals surface area contributed by atoms with Gasteiger partial charge in [-0.05, 0) is 6.42 Å². The first-order chi connectivity index (χ1) is 9.01. The fraction of sp³-hybridized carbons (Fsp3) is 0.857. The van der Waals surface area contributed by atoms with Crippen LogP contribution in [-0.4, -0.2) is 60.6 Å². The highest BCUT2D eigenvalue weighted by Crippen LogP contribution is 2.28. The molecule has 0 aromatic carbocycles. The van der Waals surface area contributed by atoms with Crippen LogP contribution >= 0.6 is 0 Å². The third-order valence-electron chi connectivity index (χ3n) is 4.01. The average Bonchev–Trinajstić information content (AvgIpc) is 2.37. The Morgan fingerprint density at radius 2 is 2.05 bits per heavy atom. The van der Waals surface area contributed by atoms with E-state index in [0.717, 1.165) is 19.6 Å². The molecule has 3 heterocycles. The normalized spacial score (nSPS) is 27.5. The first kappa shape index (κ1) is 14.3. The van der Waals surface area contributed by atoms with Crippen LogP contribution in [0.3, 0.4) is 0 Å². The number of hydrogen-bond donors (Lipinski definition) is 0. The second-order valence-electron chi connectivity index (χ2n) is 5.91. The third-order valence-corrected chi connectivity index (χ3v) is 4.01. The van der Waals surface area contributed by atoms with Gasteiger partial charge in [-0.15, -0.1) is 0 Å². The first-order valence-corrected chi connectivity index (χ1v) is 7.05. The maximum absolute atomic E-state index is 11.9. The Kier molecular flexibility index (Phi) is 4.43. The van der Waals surface area contributed by atoms with E-state index < -0.39 is 0 Å². The molecule has 2 bridgehead atoms. The van der Waals surface area contributed by atoms with E-state index in [1.807, 2.05) is 13.8 Å². The molecule has 3 rings (SSSR count). The zero-order valence-corrected chi connectivity index (χ0v) is 12.0. The summed E-state index contributed by atoms with van der Waals surface area (Å²) in [6.07, 6.45) is 2.69. The van der Waals surface area contributed by atoms with Gasteiger partial charge >= 0.3 is 0 Å². The summed E-state index contributed by atoms with van der Waals surface area (Å²) in [5, 5.41) is 9.23. The highest BCUT2D eigenvalue weighted by molar-refractivity contribution is 5.78. The molecule has 5 heteroatoms. The van der Waals surface area contributed by atoms with Crippen molar-refractivity contribution in [3.8, 4) is 6.07 Å². The maximum Gasteiger partial charge on any atom is 0.225 e. The summed E-state index contributed by atoms with van der Waals surface area (Å²) in [4.78, 5) is 15.8. The highest BCUT2D eigenvalue weighted by Gasteiger charge is 2.38. The van der Waals surface area contributed by atoms with E-state index in [0.29, 0.717) is 18.6 Å². The molecular weight excluding hydrogens is 242 g/mol. The van der Waals surface area contributed by atoms with Gasteiger partial charge in [0.1, 0.15) is 6.04 Å². The molecule has 0 aromatic rings. The standard InChI is InChI=1S/C14H23N3O2/c1-10(2)14(18)16(3)11(7-15)4-5-17-8-12-6-13(9-17)19-12/h10-13H,4-6,8-9H2,1-3H3. The van der Waals surface area contributed by atoms with Crippen molar-refractivity contribution in [1.29, 1.82) is 5.26 Å². The van der Waals surface area contributed by atoms with Crippen LogP contribution < -0.4 is 0 Å². The lowest BCUT2D eigenvalue weighted by Crippen LogP contribution is -2.57. The van der Waals surface area contributed by atoms with Crippen molar-refractivity contribution in [1.82, 2.24) is 9.80 Å². The average molecular weight is 265 g/mol. The van der Waals surface area contributed by atoms with E-state index in [1.165, 1.54) is 6.42 Å². The second-order valence-corrected chi connectivity index (χ2v) is 5.91. The summed E-state index contributed by atoms with van der Waals surface area (Å²) in [6, 6.07) is 1.92. The molecule has 0 aromatic heterocycles. The van der Waals surface area contributed by atoms with Gasteiger partial charge in [0.25, 0.3) is 0 Å². The molecule has 5 nitrogen and oxygen atoms in total. The number of hydrogen-bond acceptors (Lipinski definition) is 4. The van der Waals surface area contributed by atoms with Crippen molar-refractivity contribution in [3.05, 3.63) is 0 Å². The Balaban J connectivity index is 1.79. The van der Waals surface area contributed by atoms with Crippen LogP contribution in [0.25, 0.3) is 0 Å². The molecular formula is C14H23N3O2. The van der Waals surface area contributed by atoms with E-state index in [4.69, 9.17) is 4.74 Å². The van der Waals surface area contributed by atoms with Gasteiger partial charge < -0.3 is 9.64 Å². The van der Waals surface area contributed by atoms with Gasteiger partial charge in [0.15, 0.2) is 0 Å². The SMILES string of the molecule is CC(C)C(=O)N(C)C(C#N)CCN1CC2CC(C1)O2. The molecule has 0 N–H and O–H groups in total. The first-order valence-electron chi connectivity index (χ1n) is 7.05. The lowest BCUT2D eigenvalue weighted by Gasteiger charge is -2.47. The fourth-order valence-corrected chi connectivity index (χ4v) is 2.83. The molecule has 3 atom stereocenters. The number of carbonyl (C=O) groups is 1.